The summed E-state index contributed by atoms with van der Waals surface area (Å²) in [5, 5.41) is 61.4. The molecule has 4 rings (SSSR count). The predicted molar refractivity (Wildman–Crippen MR) is 260 cm³/mol. The van der Waals surface area contributed by atoms with Crippen molar-refractivity contribution < 1.29 is 39.9 Å². The summed E-state index contributed by atoms with van der Waals surface area (Å²) in [6, 6.07) is 32.7. The van der Waals surface area contributed by atoms with Crippen LogP contribution in [-0.4, -0.2) is 96.7 Å². The van der Waals surface area contributed by atoms with Gasteiger partial charge in [-0.05, 0) is 46.5 Å². The molecule has 1 aliphatic rings. The molecular weight excluding hydrogens is 810 g/mol. The van der Waals surface area contributed by atoms with Gasteiger partial charge in [0, 0.05) is 18.9 Å². The van der Waals surface area contributed by atoms with Gasteiger partial charge in [-0.2, -0.15) is 0 Å². The zero-order chi connectivity index (χ0) is 46.2. The minimum absolute atomic E-state index is 0.101. The standard InChI is InChI=1S/C53H82NO8P/c1-8-46-53(7,61)50(58)42(5)54(38-39(2)37-52(6,60)49(57)40(3)48(56)41(4)51(59)62-46)47(55)35-27-16-14-12-10-9-11-13-15-17-28-36-63(43-29-21-18-22-30-43,44-31-23-19-24-32-44)45-33-25-20-26-34-45/h18-26,29-34,39-42,46,48-50,56-58,60-61,63H,8-17,27-28,35-38H2,1-7H3/t39-,40+,41-,42-,46-,48+,49-,50-,52-,53-/m1/s1. The smallest absolute Gasteiger partial charge is 0.126 e. The summed E-state index contributed by atoms with van der Waals surface area (Å²) in [6.45, 7) is 11.4. The van der Waals surface area contributed by atoms with Crippen LogP contribution in [0.4, 0.5) is 0 Å². The molecule has 5 N–H and O–H groups in total. The number of rotatable bonds is 18. The molecule has 0 radical (unpaired) electrons. The number of esters is 1. The minimum atomic E-state index is -2.17. The van der Waals surface area contributed by atoms with Crippen LogP contribution in [0.25, 0.3) is 0 Å². The molecule has 63 heavy (non-hydrogen) atoms. The Labute approximate surface area is 380 Å². The van der Waals surface area contributed by atoms with Crippen LogP contribution in [0.3, 0.4) is 0 Å². The molecule has 10 heteroatoms. The van der Waals surface area contributed by atoms with Crippen molar-refractivity contribution in [1.29, 1.82) is 0 Å². The first-order valence-electron chi connectivity index (χ1n) is 24.1. The van der Waals surface area contributed by atoms with Crippen LogP contribution in [0.1, 0.15) is 138 Å². The normalized spacial score (nSPS) is 29.3. The van der Waals surface area contributed by atoms with Crippen LogP contribution in [0, 0.1) is 17.8 Å². The van der Waals surface area contributed by atoms with Crippen LogP contribution in [0.2, 0.25) is 0 Å². The Morgan fingerprint density at radius 3 is 1.56 bits per heavy atom. The molecule has 0 spiro atoms. The predicted octanol–water partition coefficient (Wildman–Crippen LogP) is 7.83. The van der Waals surface area contributed by atoms with Crippen LogP contribution in [-0.2, 0) is 14.3 Å². The molecule has 0 unspecified atom stereocenters. The summed E-state index contributed by atoms with van der Waals surface area (Å²) < 4.78 is 5.69. The Bertz CT molecular complexity index is 1680. The number of hydrogen-bond donors (Lipinski definition) is 5. The molecule has 10 atom stereocenters. The Morgan fingerprint density at radius 1 is 0.683 bits per heavy atom. The summed E-state index contributed by atoms with van der Waals surface area (Å²) >= 11 is 0. The number of nitrogens with zero attached hydrogens (tertiary/aromatic N) is 1. The van der Waals surface area contributed by atoms with Gasteiger partial charge in [0.05, 0.1) is 29.8 Å². The number of amides is 1. The quantitative estimate of drug-likeness (QED) is 0.0494. The molecule has 0 aromatic heterocycles. The second kappa shape index (κ2) is 24.9. The van der Waals surface area contributed by atoms with Gasteiger partial charge in [-0.1, -0.05) is 20.8 Å². The van der Waals surface area contributed by atoms with E-state index in [2.05, 4.69) is 91.0 Å². The molecule has 0 bridgehead atoms. The van der Waals surface area contributed by atoms with Gasteiger partial charge in [0.15, 0.2) is 0 Å². The fourth-order valence-corrected chi connectivity index (χ4v) is 15.2. The summed E-state index contributed by atoms with van der Waals surface area (Å²) in [6.07, 6.45) is 8.76. The maximum atomic E-state index is 13.9. The Morgan fingerprint density at radius 2 is 1.11 bits per heavy atom. The van der Waals surface area contributed by atoms with Crippen molar-refractivity contribution in [3.8, 4) is 0 Å². The number of aliphatic hydroxyl groups is 5. The Kier molecular flexibility index (Phi) is 20.8. The van der Waals surface area contributed by atoms with Gasteiger partial charge in [0.1, 0.15) is 17.8 Å². The van der Waals surface area contributed by atoms with E-state index in [1.54, 1.807) is 25.7 Å². The third-order valence-corrected chi connectivity index (χ3v) is 19.3. The molecule has 3 aromatic rings. The fraction of sp³-hybridized carbons (Fsp3) is 0.623. The molecule has 9 nitrogen and oxygen atoms in total. The van der Waals surface area contributed by atoms with E-state index in [1.165, 1.54) is 87.8 Å². The number of carbonyl (C=O) groups is 2. The van der Waals surface area contributed by atoms with Crippen LogP contribution >= 0.6 is 7.26 Å². The number of ether oxygens (including phenoxy) is 1. The zero-order valence-corrected chi connectivity index (χ0v) is 40.5. The average molecular weight is 892 g/mol. The van der Waals surface area contributed by atoms with Gasteiger partial charge in [-0.15, -0.1) is 0 Å². The monoisotopic (exact) mass is 892 g/mol. The van der Waals surface area contributed by atoms with E-state index in [1.807, 2.05) is 6.92 Å². The van der Waals surface area contributed by atoms with Crippen molar-refractivity contribution in [2.75, 3.05) is 12.7 Å². The number of hydrogen-bond acceptors (Lipinski definition) is 8. The van der Waals surface area contributed by atoms with Gasteiger partial charge < -0.3 is 35.2 Å². The largest absolute Gasteiger partial charge is 0.388 e. The van der Waals surface area contributed by atoms with E-state index in [4.69, 9.17) is 4.74 Å². The molecule has 1 amide bonds. The maximum Gasteiger partial charge on any atom is 0.126 e. The van der Waals surface area contributed by atoms with Crippen LogP contribution in [0.15, 0.2) is 91.0 Å². The Balaban J connectivity index is 1.25. The second-order valence-corrected chi connectivity index (χ2v) is 23.5. The van der Waals surface area contributed by atoms with Gasteiger partial charge in [0.2, 0.25) is 5.91 Å². The first kappa shape index (κ1) is 52.5. The molecule has 1 heterocycles. The Hall–Kier alpha value is -3.17. The third-order valence-electron chi connectivity index (χ3n) is 14.2. The summed E-state index contributed by atoms with van der Waals surface area (Å²) in [7, 11) is -2.17. The van der Waals surface area contributed by atoms with Crippen molar-refractivity contribution in [3.63, 3.8) is 0 Å². The summed E-state index contributed by atoms with van der Waals surface area (Å²) in [5.74, 6) is -3.21. The molecule has 1 saturated heterocycles. The number of carbonyl (C=O) groups excluding carboxylic acids is 2. The maximum absolute atomic E-state index is 13.9. The van der Waals surface area contributed by atoms with Crippen molar-refractivity contribution in [2.24, 2.45) is 17.8 Å². The van der Waals surface area contributed by atoms with Crippen molar-refractivity contribution in [3.05, 3.63) is 91.0 Å². The van der Waals surface area contributed by atoms with E-state index in [-0.39, 0.29) is 37.6 Å². The van der Waals surface area contributed by atoms with E-state index < -0.39 is 66.7 Å². The molecule has 1 aliphatic heterocycles. The minimum Gasteiger partial charge on any atom is -0.388 e. The summed E-state index contributed by atoms with van der Waals surface area (Å²) in [5.41, 5.74) is -3.55. The molecular formula is C53H82NO8P. The van der Waals surface area contributed by atoms with Crippen LogP contribution in [0.5, 0.6) is 0 Å². The first-order chi connectivity index (χ1) is 30.0. The van der Waals surface area contributed by atoms with Gasteiger partial charge in [-0.3, -0.25) is 9.59 Å². The SMILES string of the molecule is CC[C@H]1OC(=O)[C@H](C)[C@@H](O)[C@H](C)[C@@H](O)[C@](C)(O)C[C@@H](C)CN(C(=O)CCCCCCCCCCCCC[PH](c2ccccc2)(c2ccccc2)c2ccccc2)[C@H](C)[C@@H](O)[C@]1(C)O. The first-order valence-corrected chi connectivity index (χ1v) is 26.3. The topological polar surface area (TPSA) is 148 Å². The molecule has 0 aliphatic carbocycles. The molecule has 352 valence electrons. The van der Waals surface area contributed by atoms with E-state index in [9.17, 15) is 35.1 Å². The fourth-order valence-electron chi connectivity index (χ4n) is 10.3. The number of aliphatic hydroxyl groups excluding tert-OH is 3. The second-order valence-electron chi connectivity index (χ2n) is 19.4. The van der Waals surface area contributed by atoms with Gasteiger partial charge in [0.25, 0.3) is 0 Å². The van der Waals surface area contributed by atoms with Crippen molar-refractivity contribution >= 4 is 35.1 Å². The number of benzene rings is 3. The van der Waals surface area contributed by atoms with E-state index in [0.29, 0.717) is 6.42 Å². The van der Waals surface area contributed by atoms with Gasteiger partial charge >= 0.3 is 197 Å². The van der Waals surface area contributed by atoms with Gasteiger partial charge in [-0.25, -0.2) is 0 Å². The van der Waals surface area contributed by atoms with E-state index in [0.717, 1.165) is 19.3 Å². The van der Waals surface area contributed by atoms with Crippen molar-refractivity contribution in [1.82, 2.24) is 4.90 Å². The average Bonchev–Trinajstić information content (AvgIpc) is 3.28. The number of unbranched alkanes of at least 4 members (excludes halogenated alkanes) is 10. The third kappa shape index (κ3) is 13.9. The van der Waals surface area contributed by atoms with E-state index >= 15 is 0 Å². The molecule has 1 fully saturated rings. The molecule has 0 saturated carbocycles. The number of cyclic esters (lactones) is 1. The molecule has 3 aromatic carbocycles. The summed E-state index contributed by atoms with van der Waals surface area (Å²) in [4.78, 5) is 28.7. The van der Waals surface area contributed by atoms with Crippen LogP contribution < -0.4 is 15.9 Å². The zero-order valence-electron chi connectivity index (χ0n) is 39.5. The van der Waals surface area contributed by atoms with Crippen molar-refractivity contribution in [2.45, 2.75) is 180 Å².